The number of hydrogen-bond donors (Lipinski definition) is 2. The smallest absolute Gasteiger partial charge is 0.419 e. The lowest BCUT2D eigenvalue weighted by molar-refractivity contribution is -0.156. The zero-order chi connectivity index (χ0) is 18.1. The third-order valence-corrected chi connectivity index (χ3v) is 3.16. The van der Waals surface area contributed by atoms with Crippen LogP contribution >= 0.6 is 0 Å². The van der Waals surface area contributed by atoms with Gasteiger partial charge in [0.1, 0.15) is 11.6 Å². The fourth-order valence-electron chi connectivity index (χ4n) is 2.02. The van der Waals surface area contributed by atoms with Gasteiger partial charge in [0.2, 0.25) is 0 Å². The number of oxazole rings is 1. The molecule has 2 aromatic rings. The Hall–Kier alpha value is -2.77. The maximum Gasteiger partial charge on any atom is 0.419 e. The summed E-state index contributed by atoms with van der Waals surface area (Å²) in [5, 5.41) is 5.08. The van der Waals surface area contributed by atoms with Gasteiger partial charge in [-0.05, 0) is 39.8 Å². The Kier molecular flexibility index (Phi) is 4.68. The van der Waals surface area contributed by atoms with Crippen LogP contribution in [0.25, 0.3) is 11.1 Å². The van der Waals surface area contributed by atoms with E-state index in [4.69, 9.17) is 9.15 Å². The molecule has 8 nitrogen and oxygen atoms in total. The minimum Gasteiger partial charge on any atom is -0.458 e. The van der Waals surface area contributed by atoms with Gasteiger partial charge in [-0.25, -0.2) is 14.4 Å². The first kappa shape index (κ1) is 17.6. The van der Waals surface area contributed by atoms with Crippen molar-refractivity contribution in [1.29, 1.82) is 0 Å². The minimum absolute atomic E-state index is 0.362. The maximum absolute atomic E-state index is 12.0. The standard InChI is InChI=1S/C16H21N3O5/c1-9(13(20)24-16(2,3)4)17-14(21)18-10-6-7-11-12(8-10)23-15(22)19(11)5/h6-9H,1-5H3,(H2,17,18,21)/t9-/m0/s1. The molecule has 130 valence electrons. The number of ether oxygens (including phenoxy) is 1. The van der Waals surface area contributed by atoms with E-state index in [0.29, 0.717) is 16.8 Å². The highest BCUT2D eigenvalue weighted by atomic mass is 16.6. The van der Waals surface area contributed by atoms with Crippen molar-refractivity contribution in [2.24, 2.45) is 7.05 Å². The summed E-state index contributed by atoms with van der Waals surface area (Å²) in [7, 11) is 1.59. The molecule has 0 aliphatic carbocycles. The summed E-state index contributed by atoms with van der Waals surface area (Å²) in [6, 6.07) is 3.46. The number of nitrogens with zero attached hydrogens (tertiary/aromatic N) is 1. The number of amides is 2. The predicted molar refractivity (Wildman–Crippen MR) is 88.9 cm³/mol. The summed E-state index contributed by atoms with van der Waals surface area (Å²) in [6.45, 7) is 6.79. The Balaban J connectivity index is 2.02. The number of anilines is 1. The Morgan fingerprint density at radius 2 is 1.96 bits per heavy atom. The van der Waals surface area contributed by atoms with Crippen molar-refractivity contribution < 1.29 is 18.7 Å². The van der Waals surface area contributed by atoms with E-state index in [1.807, 2.05) is 0 Å². The molecule has 1 aromatic carbocycles. The molecule has 2 N–H and O–H groups in total. The van der Waals surface area contributed by atoms with Gasteiger partial charge in [0.15, 0.2) is 5.58 Å². The first-order chi connectivity index (χ1) is 11.1. The van der Waals surface area contributed by atoms with Crippen LogP contribution in [0.4, 0.5) is 10.5 Å². The van der Waals surface area contributed by atoms with Gasteiger partial charge in [0.25, 0.3) is 0 Å². The number of fused-ring (bicyclic) bond motifs is 1. The highest BCUT2D eigenvalue weighted by Gasteiger charge is 2.23. The lowest BCUT2D eigenvalue weighted by atomic mass is 10.2. The van der Waals surface area contributed by atoms with Crippen LogP contribution in [0.3, 0.4) is 0 Å². The lowest BCUT2D eigenvalue weighted by Gasteiger charge is -2.22. The Morgan fingerprint density at radius 3 is 2.58 bits per heavy atom. The molecule has 0 saturated heterocycles. The highest BCUT2D eigenvalue weighted by molar-refractivity contribution is 5.94. The van der Waals surface area contributed by atoms with E-state index in [0.717, 1.165) is 0 Å². The molecular formula is C16H21N3O5. The van der Waals surface area contributed by atoms with Crippen LogP contribution in [-0.4, -0.2) is 28.2 Å². The molecule has 24 heavy (non-hydrogen) atoms. The summed E-state index contributed by atoms with van der Waals surface area (Å²) in [4.78, 5) is 35.3. The van der Waals surface area contributed by atoms with Crippen molar-refractivity contribution in [3.05, 3.63) is 28.7 Å². The molecule has 0 fully saturated rings. The number of benzene rings is 1. The molecule has 0 spiro atoms. The largest absolute Gasteiger partial charge is 0.458 e. The summed E-state index contributed by atoms with van der Waals surface area (Å²) >= 11 is 0. The van der Waals surface area contributed by atoms with Gasteiger partial charge >= 0.3 is 17.8 Å². The molecular weight excluding hydrogens is 314 g/mol. The number of nitrogens with one attached hydrogen (secondary N) is 2. The van der Waals surface area contributed by atoms with Crippen molar-refractivity contribution >= 4 is 28.8 Å². The molecule has 1 atom stereocenters. The summed E-state index contributed by atoms with van der Waals surface area (Å²) in [5.74, 6) is -1.01. The summed E-state index contributed by atoms with van der Waals surface area (Å²) in [6.07, 6.45) is 0. The molecule has 0 bridgehead atoms. The number of esters is 1. The van der Waals surface area contributed by atoms with Gasteiger partial charge in [0.05, 0.1) is 5.52 Å². The average molecular weight is 335 g/mol. The monoisotopic (exact) mass is 335 g/mol. The van der Waals surface area contributed by atoms with Crippen molar-refractivity contribution in [2.45, 2.75) is 39.3 Å². The molecule has 8 heteroatoms. The highest BCUT2D eigenvalue weighted by Crippen LogP contribution is 2.17. The SMILES string of the molecule is C[C@H](NC(=O)Nc1ccc2c(c1)oc(=O)n2C)C(=O)OC(C)(C)C. The van der Waals surface area contributed by atoms with Gasteiger partial charge < -0.3 is 19.8 Å². The van der Waals surface area contributed by atoms with Crippen LogP contribution < -0.4 is 16.4 Å². The second-order valence-corrected chi connectivity index (χ2v) is 6.46. The third kappa shape index (κ3) is 4.15. The van der Waals surface area contributed by atoms with Crippen LogP contribution in [0.15, 0.2) is 27.4 Å². The van der Waals surface area contributed by atoms with Crippen LogP contribution in [-0.2, 0) is 16.6 Å². The average Bonchev–Trinajstić information content (AvgIpc) is 2.71. The summed E-state index contributed by atoms with van der Waals surface area (Å²) in [5.41, 5.74) is 0.790. The Bertz CT molecular complexity index is 828. The van der Waals surface area contributed by atoms with Crippen LogP contribution in [0, 0.1) is 0 Å². The Labute approximate surface area is 138 Å². The first-order valence-corrected chi connectivity index (χ1v) is 7.47. The van der Waals surface area contributed by atoms with E-state index >= 15 is 0 Å². The zero-order valence-electron chi connectivity index (χ0n) is 14.3. The molecule has 0 saturated carbocycles. The molecule has 2 amide bonds. The number of hydrogen-bond acceptors (Lipinski definition) is 5. The molecule has 0 aliphatic rings. The van der Waals surface area contributed by atoms with E-state index in [-0.39, 0.29) is 0 Å². The van der Waals surface area contributed by atoms with Crippen LogP contribution in [0.5, 0.6) is 0 Å². The van der Waals surface area contributed by atoms with E-state index in [1.165, 1.54) is 17.6 Å². The Morgan fingerprint density at radius 1 is 1.29 bits per heavy atom. The fraction of sp³-hybridized carbons (Fsp3) is 0.438. The minimum atomic E-state index is -0.803. The van der Waals surface area contributed by atoms with E-state index in [2.05, 4.69) is 10.6 Å². The van der Waals surface area contributed by atoms with Gasteiger partial charge in [-0.15, -0.1) is 0 Å². The van der Waals surface area contributed by atoms with E-state index in [9.17, 15) is 14.4 Å². The van der Waals surface area contributed by atoms with Gasteiger partial charge in [0, 0.05) is 18.8 Å². The second kappa shape index (κ2) is 6.38. The number of carbonyl (C=O) groups is 2. The number of aryl methyl sites for hydroxylation is 1. The maximum atomic E-state index is 12.0. The topological polar surface area (TPSA) is 103 Å². The molecule has 0 unspecified atom stereocenters. The van der Waals surface area contributed by atoms with E-state index < -0.39 is 29.4 Å². The second-order valence-electron chi connectivity index (χ2n) is 6.46. The van der Waals surface area contributed by atoms with Gasteiger partial charge in [-0.2, -0.15) is 0 Å². The fourth-order valence-corrected chi connectivity index (χ4v) is 2.02. The summed E-state index contributed by atoms with van der Waals surface area (Å²) < 4.78 is 11.6. The number of rotatable bonds is 3. The lowest BCUT2D eigenvalue weighted by Crippen LogP contribution is -2.43. The normalized spacial score (nSPS) is 12.7. The molecule has 0 radical (unpaired) electrons. The number of aromatic nitrogens is 1. The van der Waals surface area contributed by atoms with Gasteiger partial charge in [-0.1, -0.05) is 0 Å². The quantitative estimate of drug-likeness (QED) is 0.835. The van der Waals surface area contributed by atoms with E-state index in [1.54, 1.807) is 40.0 Å². The third-order valence-electron chi connectivity index (χ3n) is 3.16. The van der Waals surface area contributed by atoms with Crippen LogP contribution in [0.2, 0.25) is 0 Å². The van der Waals surface area contributed by atoms with Gasteiger partial charge in [-0.3, -0.25) is 4.57 Å². The van der Waals surface area contributed by atoms with Crippen molar-refractivity contribution in [3.8, 4) is 0 Å². The molecule has 1 heterocycles. The number of urea groups is 1. The molecule has 1 aromatic heterocycles. The first-order valence-electron chi connectivity index (χ1n) is 7.47. The van der Waals surface area contributed by atoms with Crippen LogP contribution in [0.1, 0.15) is 27.7 Å². The molecule has 2 rings (SSSR count). The van der Waals surface area contributed by atoms with Crippen molar-refractivity contribution in [1.82, 2.24) is 9.88 Å². The predicted octanol–water partition coefficient (Wildman–Crippen LogP) is 1.98. The van der Waals surface area contributed by atoms with Crippen molar-refractivity contribution in [3.63, 3.8) is 0 Å². The number of carbonyl (C=O) groups excluding carboxylic acids is 2. The zero-order valence-corrected chi connectivity index (χ0v) is 14.3. The molecule has 0 aliphatic heterocycles. The van der Waals surface area contributed by atoms with Crippen molar-refractivity contribution in [2.75, 3.05) is 5.32 Å².